The Bertz CT molecular complexity index is 1510. The molecule has 3 aromatic carbocycles. The Morgan fingerprint density at radius 2 is 1.70 bits per heavy atom. The molecule has 0 spiro atoms. The predicted molar refractivity (Wildman–Crippen MR) is 167 cm³/mol. The molecule has 230 valence electrons. The number of methoxy groups -OCH3 is 2. The van der Waals surface area contributed by atoms with Crippen molar-refractivity contribution >= 4 is 39.1 Å². The van der Waals surface area contributed by atoms with Gasteiger partial charge in [0.2, 0.25) is 11.8 Å². The van der Waals surface area contributed by atoms with Gasteiger partial charge in [-0.25, -0.2) is 8.42 Å². The number of sulfonamides is 1. The Labute approximate surface area is 258 Å². The second-order valence-electron chi connectivity index (χ2n) is 10.4. The van der Waals surface area contributed by atoms with E-state index in [9.17, 15) is 18.0 Å². The van der Waals surface area contributed by atoms with Gasteiger partial charge in [0.1, 0.15) is 24.1 Å². The summed E-state index contributed by atoms with van der Waals surface area (Å²) >= 11 is 6.39. The van der Waals surface area contributed by atoms with Crippen LogP contribution in [0.4, 0.5) is 5.69 Å². The Balaban J connectivity index is 1.74. The fraction of sp³-hybridized carbons (Fsp3) is 0.375. The number of hydrogen-bond acceptors (Lipinski definition) is 6. The molecular weight excluding hydrogens is 590 g/mol. The van der Waals surface area contributed by atoms with Crippen LogP contribution in [0.15, 0.2) is 77.7 Å². The molecule has 1 N–H and O–H groups in total. The molecular formula is C32H38ClN3O6S. The largest absolute Gasteiger partial charge is 0.497 e. The van der Waals surface area contributed by atoms with E-state index in [1.165, 1.54) is 36.3 Å². The number of hydrogen-bond donors (Lipinski definition) is 1. The van der Waals surface area contributed by atoms with Gasteiger partial charge in [-0.2, -0.15) is 0 Å². The van der Waals surface area contributed by atoms with Gasteiger partial charge in [0, 0.05) is 12.6 Å². The zero-order chi connectivity index (χ0) is 31.0. The predicted octanol–water partition coefficient (Wildman–Crippen LogP) is 5.42. The normalized spacial score (nSPS) is 14.1. The van der Waals surface area contributed by atoms with Gasteiger partial charge in [0.05, 0.1) is 29.8 Å². The molecule has 1 aliphatic carbocycles. The van der Waals surface area contributed by atoms with Crippen LogP contribution in [0.3, 0.4) is 0 Å². The van der Waals surface area contributed by atoms with Gasteiger partial charge in [-0.3, -0.25) is 13.9 Å². The first-order valence-corrected chi connectivity index (χ1v) is 16.1. The van der Waals surface area contributed by atoms with E-state index in [0.29, 0.717) is 17.9 Å². The molecule has 3 aromatic rings. The van der Waals surface area contributed by atoms with E-state index < -0.39 is 28.5 Å². The number of nitrogens with zero attached hydrogens (tertiary/aromatic N) is 2. The van der Waals surface area contributed by atoms with Crippen LogP contribution < -0.4 is 19.1 Å². The quantitative estimate of drug-likeness (QED) is 0.271. The number of benzene rings is 3. The molecule has 0 heterocycles. The lowest BCUT2D eigenvalue weighted by Gasteiger charge is -2.34. The summed E-state index contributed by atoms with van der Waals surface area (Å²) in [5.74, 6) is 0.177. The summed E-state index contributed by atoms with van der Waals surface area (Å²) in [5, 5.41) is 3.31. The van der Waals surface area contributed by atoms with Gasteiger partial charge >= 0.3 is 0 Å². The maximum absolute atomic E-state index is 14.3. The van der Waals surface area contributed by atoms with E-state index in [0.717, 1.165) is 35.6 Å². The molecule has 0 bridgehead atoms. The van der Waals surface area contributed by atoms with E-state index in [1.54, 1.807) is 43.5 Å². The fourth-order valence-electron chi connectivity index (χ4n) is 5.31. The standard InChI is InChI=1S/C32H38ClN3O6S/c1-4-29(32(38)34-24-12-8-9-13-24)35(21-23-11-10-14-26(19-23)41-2)31(37)22-36(25-17-18-30(42-3)28(33)20-25)43(39,40)27-15-6-5-7-16-27/h5-7,10-11,14-20,24,29H,4,8-9,12-13,21-22H2,1-3H3,(H,34,38). The van der Waals surface area contributed by atoms with Gasteiger partial charge in [0.15, 0.2) is 0 Å². The van der Waals surface area contributed by atoms with E-state index in [2.05, 4.69) is 5.32 Å². The molecule has 11 heteroatoms. The van der Waals surface area contributed by atoms with Crippen LogP contribution in [0.2, 0.25) is 5.02 Å². The Kier molecular flexibility index (Phi) is 10.9. The molecule has 0 aliphatic heterocycles. The summed E-state index contributed by atoms with van der Waals surface area (Å²) in [6.07, 6.45) is 4.23. The molecule has 1 fully saturated rings. The lowest BCUT2D eigenvalue weighted by molar-refractivity contribution is -0.140. The molecule has 1 atom stereocenters. The monoisotopic (exact) mass is 627 g/mol. The van der Waals surface area contributed by atoms with Crippen molar-refractivity contribution in [3.8, 4) is 11.5 Å². The summed E-state index contributed by atoms with van der Waals surface area (Å²) < 4.78 is 39.6. The third-order valence-corrected chi connectivity index (χ3v) is 9.69. The van der Waals surface area contributed by atoms with Crippen molar-refractivity contribution in [2.24, 2.45) is 0 Å². The van der Waals surface area contributed by atoms with Crippen molar-refractivity contribution in [2.45, 2.75) is 62.6 Å². The third kappa shape index (κ3) is 7.80. The number of carbonyl (C=O) groups is 2. The van der Waals surface area contributed by atoms with Crippen molar-refractivity contribution in [2.75, 3.05) is 25.1 Å². The zero-order valence-corrected chi connectivity index (χ0v) is 26.2. The number of rotatable bonds is 13. The van der Waals surface area contributed by atoms with Crippen molar-refractivity contribution < 1.29 is 27.5 Å². The average Bonchev–Trinajstić information content (AvgIpc) is 3.53. The van der Waals surface area contributed by atoms with Crippen LogP contribution in [0.5, 0.6) is 11.5 Å². The molecule has 1 saturated carbocycles. The van der Waals surface area contributed by atoms with E-state index >= 15 is 0 Å². The maximum atomic E-state index is 14.3. The second-order valence-corrected chi connectivity index (χ2v) is 12.7. The average molecular weight is 628 g/mol. The summed E-state index contributed by atoms with van der Waals surface area (Å²) in [7, 11) is -1.20. The Hall–Kier alpha value is -3.76. The minimum Gasteiger partial charge on any atom is -0.497 e. The molecule has 9 nitrogen and oxygen atoms in total. The van der Waals surface area contributed by atoms with Crippen LogP contribution in [0.1, 0.15) is 44.6 Å². The highest BCUT2D eigenvalue weighted by Gasteiger charge is 2.34. The van der Waals surface area contributed by atoms with Crippen LogP contribution >= 0.6 is 11.6 Å². The smallest absolute Gasteiger partial charge is 0.264 e. The lowest BCUT2D eigenvalue weighted by Crippen LogP contribution is -2.53. The first-order valence-electron chi connectivity index (χ1n) is 14.3. The van der Waals surface area contributed by atoms with E-state index in [4.69, 9.17) is 21.1 Å². The summed E-state index contributed by atoms with van der Waals surface area (Å²) in [4.78, 5) is 29.3. The summed E-state index contributed by atoms with van der Waals surface area (Å²) in [5.41, 5.74) is 0.928. The highest BCUT2D eigenvalue weighted by Crippen LogP contribution is 2.32. The van der Waals surface area contributed by atoms with Gasteiger partial charge in [-0.05, 0) is 67.3 Å². The molecule has 4 rings (SSSR count). The molecule has 1 unspecified atom stereocenters. The Morgan fingerprint density at radius 1 is 0.977 bits per heavy atom. The first-order chi connectivity index (χ1) is 20.7. The van der Waals surface area contributed by atoms with Crippen LogP contribution in [-0.2, 0) is 26.2 Å². The van der Waals surface area contributed by atoms with Crippen LogP contribution in [-0.4, -0.2) is 58.0 Å². The summed E-state index contributed by atoms with van der Waals surface area (Å²) in [6.45, 7) is 1.36. The number of ether oxygens (including phenoxy) is 2. The third-order valence-electron chi connectivity index (χ3n) is 7.61. The molecule has 0 aromatic heterocycles. The Morgan fingerprint density at radius 3 is 2.33 bits per heavy atom. The zero-order valence-electron chi connectivity index (χ0n) is 24.7. The minimum atomic E-state index is -4.21. The van der Waals surface area contributed by atoms with Gasteiger partial charge in [0.25, 0.3) is 10.0 Å². The highest BCUT2D eigenvalue weighted by molar-refractivity contribution is 7.92. The minimum absolute atomic E-state index is 0.0140. The van der Waals surface area contributed by atoms with E-state index in [1.807, 2.05) is 19.1 Å². The molecule has 0 radical (unpaired) electrons. The van der Waals surface area contributed by atoms with Gasteiger partial charge in [-0.15, -0.1) is 0 Å². The van der Waals surface area contributed by atoms with E-state index in [-0.39, 0.29) is 34.1 Å². The van der Waals surface area contributed by atoms with Crippen molar-refractivity contribution in [3.05, 3.63) is 83.4 Å². The lowest BCUT2D eigenvalue weighted by atomic mass is 10.1. The number of amides is 2. The number of halogens is 1. The maximum Gasteiger partial charge on any atom is 0.264 e. The van der Waals surface area contributed by atoms with Crippen LogP contribution in [0.25, 0.3) is 0 Å². The molecule has 1 aliphatic rings. The SMILES string of the molecule is CCC(C(=O)NC1CCCC1)N(Cc1cccc(OC)c1)C(=O)CN(c1ccc(OC)c(Cl)c1)S(=O)(=O)c1ccccc1. The number of anilines is 1. The van der Waals surface area contributed by atoms with Gasteiger partial charge < -0.3 is 19.7 Å². The number of nitrogens with one attached hydrogen (secondary N) is 1. The highest BCUT2D eigenvalue weighted by atomic mass is 35.5. The number of carbonyl (C=O) groups excluding carboxylic acids is 2. The van der Waals surface area contributed by atoms with Crippen molar-refractivity contribution in [1.29, 1.82) is 0 Å². The first kappa shape index (κ1) is 32.2. The topological polar surface area (TPSA) is 105 Å². The fourth-order valence-corrected chi connectivity index (χ4v) is 6.99. The van der Waals surface area contributed by atoms with Crippen molar-refractivity contribution in [3.63, 3.8) is 0 Å². The second kappa shape index (κ2) is 14.6. The molecule has 0 saturated heterocycles. The van der Waals surface area contributed by atoms with Crippen molar-refractivity contribution in [1.82, 2.24) is 10.2 Å². The summed E-state index contributed by atoms with van der Waals surface area (Å²) in [6, 6.07) is 18.9. The molecule has 43 heavy (non-hydrogen) atoms. The van der Waals surface area contributed by atoms with Gasteiger partial charge in [-0.1, -0.05) is 61.7 Å². The molecule has 2 amide bonds. The van der Waals surface area contributed by atoms with Crippen LogP contribution in [0, 0.1) is 0 Å².